The number of fused-ring (bicyclic) bond motifs is 1. The van der Waals surface area contributed by atoms with Gasteiger partial charge in [-0.15, -0.1) is 0 Å². The van der Waals surface area contributed by atoms with E-state index in [-0.39, 0.29) is 17.6 Å². The molecule has 0 aliphatic carbocycles. The topological polar surface area (TPSA) is 47.6 Å². The molecule has 0 radical (unpaired) electrons. The summed E-state index contributed by atoms with van der Waals surface area (Å²) in [6.45, 7) is 12.4. The van der Waals surface area contributed by atoms with E-state index in [9.17, 15) is 4.79 Å². The minimum absolute atomic E-state index is 0.0875. The van der Waals surface area contributed by atoms with E-state index >= 15 is 0 Å². The number of carbonyl (C=O) groups is 1. The van der Waals surface area contributed by atoms with Crippen molar-refractivity contribution in [3.8, 4) is 11.5 Å². The largest absolute Gasteiger partial charge is 0.487 e. The van der Waals surface area contributed by atoms with Crippen LogP contribution in [0.4, 0.5) is 0 Å². The van der Waals surface area contributed by atoms with Crippen molar-refractivity contribution < 1.29 is 14.3 Å². The number of amides is 1. The van der Waals surface area contributed by atoms with Gasteiger partial charge < -0.3 is 14.8 Å². The van der Waals surface area contributed by atoms with Crippen LogP contribution in [0.1, 0.15) is 82.5 Å². The second-order valence-corrected chi connectivity index (χ2v) is 8.75. The zero-order valence-corrected chi connectivity index (χ0v) is 19.1. The Morgan fingerprint density at radius 1 is 1.17 bits per heavy atom. The van der Waals surface area contributed by atoms with Gasteiger partial charge in [0.2, 0.25) is 0 Å². The Morgan fingerprint density at radius 2 is 1.87 bits per heavy atom. The van der Waals surface area contributed by atoms with Gasteiger partial charge >= 0.3 is 0 Å². The van der Waals surface area contributed by atoms with Crippen LogP contribution in [-0.4, -0.2) is 17.6 Å². The standard InChI is InChI=1S/C26H35NO3/c1-7-26(8-2)16-22(21-11-9-10-12-23(21)30-26)27-25(28)19(6)29-24-15-18(5)13-14-20(24)17(3)4/h9-15,17,19,22H,7-8,16H2,1-6H3,(H,27,28)/t19-,22+/m0/s1. The van der Waals surface area contributed by atoms with Gasteiger partial charge in [0.1, 0.15) is 17.1 Å². The average Bonchev–Trinajstić information content (AvgIpc) is 2.73. The maximum absolute atomic E-state index is 13.1. The van der Waals surface area contributed by atoms with Gasteiger partial charge in [0.25, 0.3) is 5.91 Å². The van der Waals surface area contributed by atoms with E-state index < -0.39 is 6.10 Å². The van der Waals surface area contributed by atoms with E-state index in [2.05, 4.69) is 45.1 Å². The molecule has 1 amide bonds. The third-order valence-electron chi connectivity index (χ3n) is 6.27. The second kappa shape index (κ2) is 9.11. The van der Waals surface area contributed by atoms with Crippen molar-refractivity contribution in [3.05, 3.63) is 59.2 Å². The van der Waals surface area contributed by atoms with Crippen molar-refractivity contribution in [2.75, 3.05) is 0 Å². The SMILES string of the molecule is CCC1(CC)C[C@@H](NC(=O)[C@H](C)Oc2cc(C)ccc2C(C)C)c2ccccc2O1. The Bertz CT molecular complexity index is 886. The van der Waals surface area contributed by atoms with Crippen LogP contribution in [0.25, 0.3) is 0 Å². The molecule has 2 atom stereocenters. The minimum atomic E-state index is -0.586. The number of ether oxygens (including phenoxy) is 2. The molecule has 4 nitrogen and oxygen atoms in total. The normalized spacial score (nSPS) is 18.3. The van der Waals surface area contributed by atoms with Crippen LogP contribution < -0.4 is 14.8 Å². The first-order chi connectivity index (χ1) is 14.3. The molecule has 0 fully saturated rings. The molecule has 0 spiro atoms. The molecule has 30 heavy (non-hydrogen) atoms. The fourth-order valence-corrected chi connectivity index (χ4v) is 4.18. The number of nitrogens with one attached hydrogen (secondary N) is 1. The first-order valence-electron chi connectivity index (χ1n) is 11.1. The quantitative estimate of drug-likeness (QED) is 0.602. The van der Waals surface area contributed by atoms with Crippen LogP contribution in [0.15, 0.2) is 42.5 Å². The summed E-state index contributed by atoms with van der Waals surface area (Å²) in [4.78, 5) is 13.1. The molecule has 0 bridgehead atoms. The van der Waals surface area contributed by atoms with Gasteiger partial charge in [-0.2, -0.15) is 0 Å². The molecule has 2 aromatic carbocycles. The highest BCUT2D eigenvalue weighted by molar-refractivity contribution is 5.81. The lowest BCUT2D eigenvalue weighted by atomic mass is 9.83. The summed E-state index contributed by atoms with van der Waals surface area (Å²) in [5, 5.41) is 3.24. The summed E-state index contributed by atoms with van der Waals surface area (Å²) in [6.07, 6.45) is 1.98. The molecular formula is C26H35NO3. The molecule has 1 N–H and O–H groups in total. The van der Waals surface area contributed by atoms with Gasteiger partial charge in [0.05, 0.1) is 6.04 Å². The molecular weight excluding hydrogens is 374 g/mol. The Morgan fingerprint density at radius 3 is 2.53 bits per heavy atom. The number of rotatable bonds is 7. The highest BCUT2D eigenvalue weighted by atomic mass is 16.5. The van der Waals surface area contributed by atoms with Crippen molar-refractivity contribution >= 4 is 5.91 Å². The zero-order chi connectivity index (χ0) is 21.9. The van der Waals surface area contributed by atoms with Crippen LogP contribution in [0.2, 0.25) is 0 Å². The van der Waals surface area contributed by atoms with Crippen molar-refractivity contribution in [2.24, 2.45) is 0 Å². The maximum atomic E-state index is 13.1. The summed E-state index contributed by atoms with van der Waals surface area (Å²) in [5.74, 6) is 1.88. The van der Waals surface area contributed by atoms with E-state index in [1.165, 1.54) is 0 Å². The zero-order valence-electron chi connectivity index (χ0n) is 19.1. The van der Waals surface area contributed by atoms with Gasteiger partial charge in [-0.3, -0.25) is 4.79 Å². The molecule has 1 aliphatic heterocycles. The van der Waals surface area contributed by atoms with Gasteiger partial charge in [-0.25, -0.2) is 0 Å². The smallest absolute Gasteiger partial charge is 0.261 e. The maximum Gasteiger partial charge on any atom is 0.261 e. The Balaban J connectivity index is 1.79. The van der Waals surface area contributed by atoms with E-state index in [0.29, 0.717) is 5.92 Å². The summed E-state index contributed by atoms with van der Waals surface area (Å²) in [7, 11) is 0. The van der Waals surface area contributed by atoms with Gasteiger partial charge in [0.15, 0.2) is 6.10 Å². The van der Waals surface area contributed by atoms with Crippen molar-refractivity contribution in [2.45, 2.75) is 84.5 Å². The summed E-state index contributed by atoms with van der Waals surface area (Å²) < 4.78 is 12.5. The Labute approximate surface area is 181 Å². The Hall–Kier alpha value is -2.49. The highest BCUT2D eigenvalue weighted by Gasteiger charge is 2.39. The molecule has 2 aromatic rings. The third kappa shape index (κ3) is 4.63. The number of para-hydroxylation sites is 1. The molecule has 0 saturated heterocycles. The summed E-state index contributed by atoms with van der Waals surface area (Å²) in [5.41, 5.74) is 3.02. The number of carbonyl (C=O) groups excluding carboxylic acids is 1. The number of hydrogen-bond donors (Lipinski definition) is 1. The third-order valence-corrected chi connectivity index (χ3v) is 6.27. The van der Waals surface area contributed by atoms with Crippen LogP contribution >= 0.6 is 0 Å². The fourth-order valence-electron chi connectivity index (χ4n) is 4.18. The molecule has 0 unspecified atom stereocenters. The van der Waals surface area contributed by atoms with E-state index in [4.69, 9.17) is 9.47 Å². The molecule has 1 aliphatic rings. The first kappa shape index (κ1) is 22.2. The highest BCUT2D eigenvalue weighted by Crippen LogP contribution is 2.42. The molecule has 3 rings (SSSR count). The number of hydrogen-bond acceptors (Lipinski definition) is 3. The number of aryl methyl sites for hydroxylation is 1. The van der Waals surface area contributed by atoms with Gasteiger partial charge in [0, 0.05) is 12.0 Å². The van der Waals surface area contributed by atoms with E-state index in [1.807, 2.05) is 44.2 Å². The van der Waals surface area contributed by atoms with Gasteiger partial charge in [-0.05, 0) is 55.9 Å². The lowest BCUT2D eigenvalue weighted by molar-refractivity contribution is -0.128. The van der Waals surface area contributed by atoms with Crippen LogP contribution in [-0.2, 0) is 4.79 Å². The molecule has 0 saturated carbocycles. The average molecular weight is 410 g/mol. The lowest BCUT2D eigenvalue weighted by Gasteiger charge is -2.42. The van der Waals surface area contributed by atoms with Crippen molar-refractivity contribution in [3.63, 3.8) is 0 Å². The van der Waals surface area contributed by atoms with Crippen LogP contribution in [0.3, 0.4) is 0 Å². The lowest BCUT2D eigenvalue weighted by Crippen LogP contribution is -2.47. The predicted molar refractivity (Wildman–Crippen MR) is 121 cm³/mol. The minimum Gasteiger partial charge on any atom is -0.487 e. The van der Waals surface area contributed by atoms with Crippen LogP contribution in [0.5, 0.6) is 11.5 Å². The molecule has 1 heterocycles. The van der Waals surface area contributed by atoms with E-state index in [0.717, 1.165) is 47.5 Å². The van der Waals surface area contributed by atoms with Crippen molar-refractivity contribution in [1.29, 1.82) is 0 Å². The van der Waals surface area contributed by atoms with Gasteiger partial charge in [-0.1, -0.05) is 58.0 Å². The molecule has 4 heteroatoms. The molecule has 0 aromatic heterocycles. The number of benzene rings is 2. The van der Waals surface area contributed by atoms with Crippen LogP contribution in [0, 0.1) is 6.92 Å². The second-order valence-electron chi connectivity index (χ2n) is 8.75. The van der Waals surface area contributed by atoms with E-state index in [1.54, 1.807) is 0 Å². The Kier molecular flexibility index (Phi) is 6.74. The fraction of sp³-hybridized carbons (Fsp3) is 0.500. The molecule has 162 valence electrons. The first-order valence-corrected chi connectivity index (χ1v) is 11.1. The predicted octanol–water partition coefficient (Wildman–Crippen LogP) is 6.08. The summed E-state index contributed by atoms with van der Waals surface area (Å²) in [6, 6.07) is 14.1. The summed E-state index contributed by atoms with van der Waals surface area (Å²) >= 11 is 0. The van der Waals surface area contributed by atoms with Crippen molar-refractivity contribution in [1.82, 2.24) is 5.32 Å². The monoisotopic (exact) mass is 409 g/mol.